The molecule has 0 atom stereocenters. The van der Waals surface area contributed by atoms with Crippen LogP contribution in [-0.2, 0) is 0 Å². The molecule has 0 aliphatic rings. The van der Waals surface area contributed by atoms with Gasteiger partial charge in [-0.05, 0) is 58.5 Å². The van der Waals surface area contributed by atoms with Crippen molar-refractivity contribution >= 4 is 43.9 Å². The summed E-state index contributed by atoms with van der Waals surface area (Å²) < 4.78 is 239. The minimum Gasteiger partial charge on any atom is -0.456 e. The van der Waals surface area contributed by atoms with Crippen LogP contribution in [0.25, 0.3) is 100 Å². The Labute approximate surface area is 323 Å². The Morgan fingerprint density at radius 3 is 1.74 bits per heavy atom. The second-order valence-electron chi connectivity index (χ2n) is 10.4. The lowest BCUT2D eigenvalue weighted by atomic mass is 9.99. The maximum Gasteiger partial charge on any atom is 0.167 e. The van der Waals surface area contributed by atoms with E-state index in [9.17, 15) is 6.85 Å². The largest absolute Gasteiger partial charge is 0.456 e. The number of rotatable bonds is 5. The topological polar surface area (TPSA) is 65.0 Å². The third-order valence-corrected chi connectivity index (χ3v) is 7.54. The summed E-state index contributed by atoms with van der Waals surface area (Å²) in [5, 5.41) is -1.41. The SMILES string of the molecule is [2H]c1c([2H])c([2H])c(-c2c([2H])c([2H])c(-c3nc(-c4cc5c(oc6c([2H])c([2H])c([2H])c(-c7c([2H])c([2H])c([2H])c([2H])c7[2H])c65)c([2H])c4[2H])nc(-c4c([2H])c([2H])c([2H])c5c4oc4c([2H])c([2H])c([2H])c([2H])c45)n3)c([2H])c2[2H])c([2H])c1[2H]. The van der Waals surface area contributed by atoms with Crippen LogP contribution in [0.4, 0.5) is 0 Å². The average Bonchev–Trinajstić information content (AvgIpc) is 3.98. The summed E-state index contributed by atoms with van der Waals surface area (Å²) in [5.74, 6) is -2.29. The van der Waals surface area contributed by atoms with Gasteiger partial charge in [0.1, 0.15) is 22.3 Å². The van der Waals surface area contributed by atoms with Crippen LogP contribution >= 0.6 is 0 Å². The van der Waals surface area contributed by atoms with Gasteiger partial charge in [-0.1, -0.05) is 127 Å². The molecule has 0 amide bonds. The van der Waals surface area contributed by atoms with Crippen molar-refractivity contribution in [2.75, 3.05) is 0 Å². The number of nitrogens with zero attached hydrogens (tertiary/aromatic N) is 3. The molecule has 5 nitrogen and oxygen atoms in total. The number of hydrogen-bond acceptors (Lipinski definition) is 5. The third kappa shape index (κ3) is 4.67. The molecule has 0 radical (unpaired) electrons. The standard InChI is InChI=1S/C45H27N3O2/c1-3-11-28(12-4-1)29-21-23-31(24-22-29)43-46-44(48-45(47-43)36-18-9-17-35-34-15-7-8-19-38(34)50-42(35)36)32-25-26-39-37(27-32)41-33(16-10-20-40(41)49-39)30-13-5-2-6-14-30/h1-27H/i1D,2D,3D,4D,5D,6D,7D,8D,9D,10D,11D,12D,13D,14D,15D,16D,17D,18D,19D,20D,21D,22D,23D,24D,25D,26D. The van der Waals surface area contributed by atoms with Gasteiger partial charge in [-0.3, -0.25) is 0 Å². The molecule has 0 fully saturated rings. The normalized spacial score (nSPS) is 18.9. The highest BCUT2D eigenvalue weighted by Gasteiger charge is 2.19. The molecule has 0 saturated heterocycles. The van der Waals surface area contributed by atoms with Crippen molar-refractivity contribution in [2.24, 2.45) is 0 Å². The van der Waals surface area contributed by atoms with E-state index in [1.807, 2.05) is 0 Å². The van der Waals surface area contributed by atoms with Gasteiger partial charge in [0.2, 0.25) is 0 Å². The molecule has 3 aromatic heterocycles. The third-order valence-electron chi connectivity index (χ3n) is 7.54. The first-order chi connectivity index (χ1) is 35.6. The molecule has 5 heteroatoms. The van der Waals surface area contributed by atoms with Crippen LogP contribution in [0, 0.1) is 0 Å². The molecule has 7 aromatic carbocycles. The highest BCUT2D eigenvalue weighted by Crippen LogP contribution is 2.39. The van der Waals surface area contributed by atoms with Crippen LogP contribution in [0.2, 0.25) is 0 Å². The molecule has 0 N–H and O–H groups in total. The van der Waals surface area contributed by atoms with Crippen LogP contribution in [0.3, 0.4) is 0 Å². The lowest BCUT2D eigenvalue weighted by Crippen LogP contribution is -2.00. The quantitative estimate of drug-likeness (QED) is 0.183. The molecule has 50 heavy (non-hydrogen) atoms. The summed E-state index contributed by atoms with van der Waals surface area (Å²) in [4.78, 5) is 13.4. The predicted octanol–water partition coefficient (Wildman–Crippen LogP) is 12.0. The van der Waals surface area contributed by atoms with Crippen molar-refractivity contribution in [3.63, 3.8) is 0 Å². The number of para-hydroxylation sites is 2. The average molecular weight is 668 g/mol. The van der Waals surface area contributed by atoms with E-state index in [2.05, 4.69) is 15.0 Å². The summed E-state index contributed by atoms with van der Waals surface area (Å²) in [5.41, 5.74) is -6.49. The van der Waals surface area contributed by atoms with Gasteiger partial charge in [-0.2, -0.15) is 0 Å². The predicted molar refractivity (Wildman–Crippen MR) is 202 cm³/mol. The van der Waals surface area contributed by atoms with Gasteiger partial charge in [0.25, 0.3) is 0 Å². The van der Waals surface area contributed by atoms with Gasteiger partial charge in [0.05, 0.1) is 41.2 Å². The Morgan fingerprint density at radius 2 is 0.920 bits per heavy atom. The molecule has 0 aliphatic carbocycles. The molecular formula is C45H27N3O2. The number of furan rings is 2. The Bertz CT molecular complexity index is 4290. The van der Waals surface area contributed by atoms with E-state index >= 15 is 0 Å². The van der Waals surface area contributed by atoms with E-state index in [1.54, 1.807) is 0 Å². The Balaban J connectivity index is 1.37. The van der Waals surface area contributed by atoms with Gasteiger partial charge in [-0.25, -0.2) is 15.0 Å². The van der Waals surface area contributed by atoms with E-state index in [0.29, 0.717) is 0 Å². The fraction of sp³-hybridized carbons (Fsp3) is 0. The van der Waals surface area contributed by atoms with Crippen LogP contribution in [-0.4, -0.2) is 15.0 Å². The fourth-order valence-electron chi connectivity index (χ4n) is 5.34. The second kappa shape index (κ2) is 11.4. The molecule has 0 aliphatic heterocycles. The van der Waals surface area contributed by atoms with Gasteiger partial charge in [-0.15, -0.1) is 0 Å². The number of aromatic nitrogens is 3. The Hall–Kier alpha value is -6.85. The van der Waals surface area contributed by atoms with E-state index in [0.717, 1.165) is 6.07 Å². The molecule has 10 aromatic rings. The van der Waals surface area contributed by atoms with Crippen molar-refractivity contribution in [3.05, 3.63) is 163 Å². The monoisotopic (exact) mass is 667 g/mol. The Kier molecular flexibility index (Phi) is 2.86. The minimum absolute atomic E-state index is 0.276. The van der Waals surface area contributed by atoms with Gasteiger partial charge < -0.3 is 8.83 Å². The van der Waals surface area contributed by atoms with Gasteiger partial charge in [0, 0.05) is 32.7 Å². The first-order valence-electron chi connectivity index (χ1n) is 27.5. The van der Waals surface area contributed by atoms with Crippen molar-refractivity contribution in [2.45, 2.75) is 0 Å². The molecule has 10 rings (SSSR count). The van der Waals surface area contributed by atoms with E-state index in [1.165, 1.54) is 0 Å². The van der Waals surface area contributed by atoms with Crippen molar-refractivity contribution < 1.29 is 44.5 Å². The lowest BCUT2D eigenvalue weighted by Gasteiger charge is -2.10. The summed E-state index contributed by atoms with van der Waals surface area (Å²) in [6.45, 7) is 0. The smallest absolute Gasteiger partial charge is 0.167 e. The second-order valence-corrected chi connectivity index (χ2v) is 10.4. The van der Waals surface area contributed by atoms with Crippen molar-refractivity contribution in [1.29, 1.82) is 0 Å². The summed E-state index contributed by atoms with van der Waals surface area (Å²) in [6.07, 6.45) is 0. The van der Waals surface area contributed by atoms with Crippen LogP contribution in [0.5, 0.6) is 0 Å². The molecule has 0 bridgehead atoms. The van der Waals surface area contributed by atoms with Crippen molar-refractivity contribution in [3.8, 4) is 56.4 Å². The molecule has 0 unspecified atom stereocenters. The van der Waals surface area contributed by atoms with Gasteiger partial charge >= 0.3 is 0 Å². The first kappa shape index (κ1) is 12.6. The van der Waals surface area contributed by atoms with Crippen LogP contribution in [0.1, 0.15) is 35.6 Å². The zero-order valence-corrected chi connectivity index (χ0v) is 24.7. The van der Waals surface area contributed by atoms with E-state index in [-0.39, 0.29) is 16.2 Å². The number of hydrogen-bond donors (Lipinski definition) is 0. The number of fused-ring (bicyclic) bond motifs is 6. The molecule has 0 spiro atoms. The highest BCUT2D eigenvalue weighted by molar-refractivity contribution is 6.13. The zero-order chi connectivity index (χ0) is 55.6. The fourth-order valence-corrected chi connectivity index (χ4v) is 5.34. The molecule has 3 heterocycles. The van der Waals surface area contributed by atoms with Crippen LogP contribution < -0.4 is 0 Å². The number of benzene rings is 7. The molecular weight excluding hydrogens is 615 g/mol. The van der Waals surface area contributed by atoms with E-state index in [4.69, 9.17) is 37.6 Å². The zero-order valence-electron chi connectivity index (χ0n) is 50.7. The summed E-state index contributed by atoms with van der Waals surface area (Å²) in [7, 11) is 0. The van der Waals surface area contributed by atoms with E-state index < -0.39 is 241 Å². The maximum absolute atomic E-state index is 9.30. The summed E-state index contributed by atoms with van der Waals surface area (Å²) >= 11 is 0. The minimum atomic E-state index is -0.985. The van der Waals surface area contributed by atoms with Gasteiger partial charge in [0.15, 0.2) is 17.5 Å². The highest BCUT2D eigenvalue weighted by atomic mass is 16.3. The first-order valence-corrected chi connectivity index (χ1v) is 14.5. The van der Waals surface area contributed by atoms with Crippen molar-refractivity contribution in [1.82, 2.24) is 15.0 Å². The van der Waals surface area contributed by atoms with Crippen LogP contribution in [0.15, 0.2) is 172 Å². The maximum atomic E-state index is 9.30. The Morgan fingerprint density at radius 1 is 0.360 bits per heavy atom. The molecule has 0 saturated carbocycles. The lowest BCUT2D eigenvalue weighted by molar-refractivity contribution is 0.669. The molecule has 234 valence electrons. The summed E-state index contributed by atoms with van der Waals surface area (Å²) in [6, 6.07) is -20.5.